The molecule has 1 aromatic rings. The molecule has 2 N–H and O–H groups in total. The second-order valence-corrected chi connectivity index (χ2v) is 6.04. The predicted octanol–water partition coefficient (Wildman–Crippen LogP) is 4.45. The highest BCUT2D eigenvalue weighted by molar-refractivity contribution is 5.27. The Hall–Kier alpha value is -1.17. The van der Waals surface area contributed by atoms with E-state index in [1.54, 1.807) is 0 Å². The van der Waals surface area contributed by atoms with Crippen LogP contribution in [0.1, 0.15) is 44.7 Å². The first-order valence-electron chi connectivity index (χ1n) is 7.02. The Morgan fingerprint density at radius 3 is 1.76 bits per heavy atom. The summed E-state index contributed by atoms with van der Waals surface area (Å²) in [5.41, 5.74) is 4.94. The molecule has 2 rings (SSSR count). The van der Waals surface area contributed by atoms with Gasteiger partial charge in [-0.15, -0.1) is 0 Å². The van der Waals surface area contributed by atoms with E-state index in [1.165, 1.54) is 0 Å². The van der Waals surface area contributed by atoms with Crippen molar-refractivity contribution in [3.05, 3.63) is 34.6 Å². The minimum absolute atomic E-state index is 0.288. The van der Waals surface area contributed by atoms with Crippen LogP contribution in [0.25, 0.3) is 0 Å². The van der Waals surface area contributed by atoms with Gasteiger partial charge in [0.1, 0.15) is 0 Å². The van der Waals surface area contributed by atoms with Crippen LogP contribution in [0.2, 0.25) is 0 Å². The van der Waals surface area contributed by atoms with E-state index in [0.717, 1.165) is 6.42 Å². The zero-order valence-electron chi connectivity index (χ0n) is 11.9. The highest BCUT2D eigenvalue weighted by atomic mass is 19.2. The SMILES string of the molecule is CC1CCC(C(N)c2c(F)c(F)c(F)c(F)c2F)CC1C. The Labute approximate surface area is 120 Å². The van der Waals surface area contributed by atoms with E-state index in [1.807, 2.05) is 6.92 Å². The summed E-state index contributed by atoms with van der Waals surface area (Å²) >= 11 is 0. The molecule has 0 saturated heterocycles. The topological polar surface area (TPSA) is 26.0 Å². The van der Waals surface area contributed by atoms with Crippen LogP contribution in [0.3, 0.4) is 0 Å². The van der Waals surface area contributed by atoms with Gasteiger partial charge in [-0.3, -0.25) is 0 Å². The molecule has 0 amide bonds. The van der Waals surface area contributed by atoms with Crippen molar-refractivity contribution in [2.24, 2.45) is 23.5 Å². The molecular weight excluding hydrogens is 289 g/mol. The van der Waals surface area contributed by atoms with Crippen LogP contribution in [0.15, 0.2) is 0 Å². The highest BCUT2D eigenvalue weighted by Gasteiger charge is 2.35. The minimum Gasteiger partial charge on any atom is -0.324 e. The summed E-state index contributed by atoms with van der Waals surface area (Å²) in [5, 5.41) is 0. The molecule has 6 heteroatoms. The molecule has 1 aliphatic carbocycles. The highest BCUT2D eigenvalue weighted by Crippen LogP contribution is 2.40. The van der Waals surface area contributed by atoms with E-state index in [-0.39, 0.29) is 5.92 Å². The molecule has 1 aromatic carbocycles. The zero-order valence-corrected chi connectivity index (χ0v) is 11.9. The monoisotopic (exact) mass is 307 g/mol. The average Bonchev–Trinajstić information content (AvgIpc) is 2.46. The van der Waals surface area contributed by atoms with Gasteiger partial charge >= 0.3 is 0 Å². The Bertz CT molecular complexity index is 516. The number of halogens is 5. The van der Waals surface area contributed by atoms with Gasteiger partial charge in [-0.1, -0.05) is 20.3 Å². The third-order valence-corrected chi connectivity index (χ3v) is 4.72. The number of benzene rings is 1. The summed E-state index contributed by atoms with van der Waals surface area (Å²) in [6.07, 6.45) is 2.06. The third kappa shape index (κ3) is 2.78. The molecule has 4 atom stereocenters. The number of hydrogen-bond donors (Lipinski definition) is 1. The summed E-state index contributed by atoms with van der Waals surface area (Å²) in [7, 11) is 0. The van der Waals surface area contributed by atoms with Crippen molar-refractivity contribution in [3.63, 3.8) is 0 Å². The van der Waals surface area contributed by atoms with Crippen LogP contribution >= 0.6 is 0 Å². The van der Waals surface area contributed by atoms with E-state index < -0.39 is 40.7 Å². The van der Waals surface area contributed by atoms with Crippen LogP contribution in [0.5, 0.6) is 0 Å². The van der Waals surface area contributed by atoms with Gasteiger partial charge < -0.3 is 5.73 Å². The molecule has 0 spiro atoms. The fourth-order valence-electron chi connectivity index (χ4n) is 3.07. The molecule has 0 bridgehead atoms. The minimum atomic E-state index is -2.15. The first kappa shape index (κ1) is 16.2. The summed E-state index contributed by atoms with van der Waals surface area (Å²) in [4.78, 5) is 0. The first-order chi connectivity index (χ1) is 9.75. The number of nitrogens with two attached hydrogens (primary N) is 1. The molecule has 0 aliphatic heterocycles. The standard InChI is InChI=1S/C15H18F5N/c1-6-3-4-8(5-7(6)2)15(21)9-10(16)12(18)14(20)13(19)11(9)17/h6-8,15H,3-5,21H2,1-2H3. The summed E-state index contributed by atoms with van der Waals surface area (Å²) in [6, 6.07) is -1.19. The quantitative estimate of drug-likeness (QED) is 0.487. The maximum atomic E-state index is 13.8. The molecular formula is C15H18F5N. The molecule has 1 nitrogen and oxygen atoms in total. The molecule has 0 heterocycles. The van der Waals surface area contributed by atoms with Crippen molar-refractivity contribution in [2.75, 3.05) is 0 Å². The van der Waals surface area contributed by atoms with E-state index in [9.17, 15) is 22.0 Å². The van der Waals surface area contributed by atoms with E-state index in [2.05, 4.69) is 6.92 Å². The normalized spacial score (nSPS) is 27.7. The lowest BCUT2D eigenvalue weighted by Crippen LogP contribution is -2.31. The van der Waals surface area contributed by atoms with Crippen LogP contribution < -0.4 is 5.73 Å². The average molecular weight is 307 g/mol. The van der Waals surface area contributed by atoms with Crippen LogP contribution in [-0.4, -0.2) is 0 Å². The Morgan fingerprint density at radius 2 is 1.29 bits per heavy atom. The Kier molecular flexibility index (Phi) is 4.56. The van der Waals surface area contributed by atoms with Gasteiger partial charge in [0.2, 0.25) is 5.82 Å². The maximum Gasteiger partial charge on any atom is 0.200 e. The Morgan fingerprint density at radius 1 is 0.810 bits per heavy atom. The predicted molar refractivity (Wildman–Crippen MR) is 68.8 cm³/mol. The lowest BCUT2D eigenvalue weighted by Gasteiger charge is -2.35. The van der Waals surface area contributed by atoms with E-state index in [0.29, 0.717) is 24.7 Å². The third-order valence-electron chi connectivity index (χ3n) is 4.72. The van der Waals surface area contributed by atoms with Gasteiger partial charge in [0.05, 0.1) is 0 Å². The maximum absolute atomic E-state index is 13.8. The van der Waals surface area contributed by atoms with Crippen molar-refractivity contribution < 1.29 is 22.0 Å². The van der Waals surface area contributed by atoms with Gasteiger partial charge in [0.25, 0.3) is 0 Å². The molecule has 1 aliphatic rings. The smallest absolute Gasteiger partial charge is 0.200 e. The van der Waals surface area contributed by atoms with Crippen molar-refractivity contribution in [1.82, 2.24) is 0 Å². The lowest BCUT2D eigenvalue weighted by molar-refractivity contribution is 0.181. The van der Waals surface area contributed by atoms with Crippen molar-refractivity contribution in [1.29, 1.82) is 0 Å². The summed E-state index contributed by atoms with van der Waals surface area (Å²) in [6.45, 7) is 4.08. The second kappa shape index (κ2) is 5.91. The fraction of sp³-hybridized carbons (Fsp3) is 0.600. The van der Waals surface area contributed by atoms with Crippen LogP contribution in [0, 0.1) is 46.8 Å². The summed E-state index contributed by atoms with van der Waals surface area (Å²) in [5.74, 6) is -9.17. The first-order valence-corrected chi connectivity index (χ1v) is 7.02. The number of hydrogen-bond acceptors (Lipinski definition) is 1. The van der Waals surface area contributed by atoms with Gasteiger partial charge in [-0.25, -0.2) is 22.0 Å². The van der Waals surface area contributed by atoms with Crippen molar-refractivity contribution in [3.8, 4) is 0 Å². The zero-order chi connectivity index (χ0) is 15.9. The molecule has 0 radical (unpaired) electrons. The molecule has 21 heavy (non-hydrogen) atoms. The largest absolute Gasteiger partial charge is 0.324 e. The van der Waals surface area contributed by atoms with Crippen LogP contribution in [-0.2, 0) is 0 Å². The molecule has 1 fully saturated rings. The number of rotatable bonds is 2. The fourth-order valence-corrected chi connectivity index (χ4v) is 3.07. The lowest BCUT2D eigenvalue weighted by atomic mass is 9.72. The van der Waals surface area contributed by atoms with E-state index in [4.69, 9.17) is 5.73 Å². The molecule has 0 aromatic heterocycles. The molecule has 118 valence electrons. The van der Waals surface area contributed by atoms with E-state index >= 15 is 0 Å². The van der Waals surface area contributed by atoms with Gasteiger partial charge in [0.15, 0.2) is 23.3 Å². The van der Waals surface area contributed by atoms with Gasteiger partial charge in [-0.2, -0.15) is 0 Å². The van der Waals surface area contributed by atoms with Gasteiger partial charge in [0, 0.05) is 11.6 Å². The second-order valence-electron chi connectivity index (χ2n) is 6.04. The summed E-state index contributed by atoms with van der Waals surface area (Å²) < 4.78 is 67.1. The Balaban J connectivity index is 2.38. The van der Waals surface area contributed by atoms with Crippen LogP contribution in [0.4, 0.5) is 22.0 Å². The van der Waals surface area contributed by atoms with Crippen molar-refractivity contribution >= 4 is 0 Å². The molecule has 4 unspecified atom stereocenters. The molecule has 1 saturated carbocycles. The van der Waals surface area contributed by atoms with Crippen molar-refractivity contribution in [2.45, 2.75) is 39.2 Å². The van der Waals surface area contributed by atoms with Gasteiger partial charge in [-0.05, 0) is 30.6 Å².